The third kappa shape index (κ3) is 3.18. The molecule has 128 valence electrons. The van der Waals surface area contributed by atoms with Gasteiger partial charge < -0.3 is 9.64 Å². The lowest BCUT2D eigenvalue weighted by Gasteiger charge is -2.37. The fourth-order valence-corrected chi connectivity index (χ4v) is 4.44. The summed E-state index contributed by atoms with van der Waals surface area (Å²) >= 11 is 0. The van der Waals surface area contributed by atoms with Crippen LogP contribution in [0.4, 0.5) is 0 Å². The van der Waals surface area contributed by atoms with E-state index >= 15 is 0 Å². The van der Waals surface area contributed by atoms with Crippen molar-refractivity contribution in [1.82, 2.24) is 19.7 Å². The van der Waals surface area contributed by atoms with E-state index in [0.29, 0.717) is 6.04 Å². The van der Waals surface area contributed by atoms with Gasteiger partial charge in [0.25, 0.3) is 0 Å². The smallest absolute Gasteiger partial charge is 0.213 e. The number of ether oxygens (including phenoxy) is 1. The van der Waals surface area contributed by atoms with Crippen LogP contribution in [0.5, 0.6) is 5.88 Å². The molecule has 2 fully saturated rings. The zero-order valence-corrected chi connectivity index (χ0v) is 14.3. The van der Waals surface area contributed by atoms with Gasteiger partial charge in [0.05, 0.1) is 6.04 Å². The minimum atomic E-state index is 0.141. The van der Waals surface area contributed by atoms with Crippen LogP contribution >= 0.6 is 0 Å². The first kappa shape index (κ1) is 15.6. The van der Waals surface area contributed by atoms with Gasteiger partial charge in [-0.3, -0.25) is 4.68 Å². The molecule has 0 amide bonds. The van der Waals surface area contributed by atoms with Crippen molar-refractivity contribution in [2.24, 2.45) is 11.8 Å². The van der Waals surface area contributed by atoms with Crippen molar-refractivity contribution in [2.75, 3.05) is 19.6 Å². The standard InChI is InChI=1S/C19H26N4O/c1-2-9-22-13-15-11-17(23-10-5-8-21-23)18(12-16(15)14-22)24-19-6-3-4-7-20-19/h3-8,10,15-18H,2,9,11-14H2,1H3/t15-,16+,17-,18-/m0/s1. The summed E-state index contributed by atoms with van der Waals surface area (Å²) < 4.78 is 8.39. The molecule has 5 heteroatoms. The van der Waals surface area contributed by atoms with Crippen LogP contribution in [0.2, 0.25) is 0 Å². The number of likely N-dealkylation sites (tertiary alicyclic amines) is 1. The van der Waals surface area contributed by atoms with E-state index in [1.165, 1.54) is 26.1 Å². The number of hydrogen-bond donors (Lipinski definition) is 0. The second kappa shape index (κ2) is 6.93. The number of nitrogens with zero attached hydrogens (tertiary/aromatic N) is 4. The molecule has 0 aromatic carbocycles. The fourth-order valence-electron chi connectivity index (χ4n) is 4.44. The summed E-state index contributed by atoms with van der Waals surface area (Å²) in [4.78, 5) is 6.98. The summed E-state index contributed by atoms with van der Waals surface area (Å²) in [6.45, 7) is 5.92. The summed E-state index contributed by atoms with van der Waals surface area (Å²) in [5, 5.41) is 4.50. The van der Waals surface area contributed by atoms with Gasteiger partial charge in [-0.15, -0.1) is 0 Å². The molecule has 0 unspecified atom stereocenters. The first-order valence-electron chi connectivity index (χ1n) is 9.12. The molecule has 24 heavy (non-hydrogen) atoms. The van der Waals surface area contributed by atoms with E-state index in [1.54, 1.807) is 6.20 Å². The molecular formula is C19H26N4O. The van der Waals surface area contributed by atoms with E-state index in [-0.39, 0.29) is 6.10 Å². The summed E-state index contributed by atoms with van der Waals surface area (Å²) in [7, 11) is 0. The van der Waals surface area contributed by atoms with Crippen molar-refractivity contribution in [3.8, 4) is 5.88 Å². The first-order valence-corrected chi connectivity index (χ1v) is 9.12. The van der Waals surface area contributed by atoms with Crippen LogP contribution in [0.25, 0.3) is 0 Å². The second-order valence-corrected chi connectivity index (χ2v) is 7.13. The zero-order valence-electron chi connectivity index (χ0n) is 14.3. The fraction of sp³-hybridized carbons (Fsp3) is 0.579. The summed E-state index contributed by atoms with van der Waals surface area (Å²) in [5.41, 5.74) is 0. The lowest BCUT2D eigenvalue weighted by Crippen LogP contribution is -2.40. The molecule has 4 atom stereocenters. The molecule has 1 saturated heterocycles. The Morgan fingerprint density at radius 3 is 2.71 bits per heavy atom. The third-order valence-corrected chi connectivity index (χ3v) is 5.47. The van der Waals surface area contributed by atoms with Gasteiger partial charge in [-0.25, -0.2) is 4.98 Å². The quantitative estimate of drug-likeness (QED) is 0.847. The van der Waals surface area contributed by atoms with Gasteiger partial charge in [0.1, 0.15) is 6.10 Å². The molecule has 0 N–H and O–H groups in total. The molecule has 5 nitrogen and oxygen atoms in total. The molecule has 0 bridgehead atoms. The van der Waals surface area contributed by atoms with Gasteiger partial charge in [0.15, 0.2) is 0 Å². The van der Waals surface area contributed by atoms with E-state index in [1.807, 2.05) is 30.5 Å². The van der Waals surface area contributed by atoms with Gasteiger partial charge in [-0.2, -0.15) is 5.10 Å². The number of hydrogen-bond acceptors (Lipinski definition) is 4. The van der Waals surface area contributed by atoms with Crippen molar-refractivity contribution in [2.45, 2.75) is 38.3 Å². The molecule has 1 aliphatic carbocycles. The van der Waals surface area contributed by atoms with E-state index in [9.17, 15) is 0 Å². The Labute approximate surface area is 143 Å². The highest BCUT2D eigenvalue weighted by atomic mass is 16.5. The van der Waals surface area contributed by atoms with Crippen LogP contribution in [-0.2, 0) is 0 Å². The molecule has 4 rings (SSSR count). The van der Waals surface area contributed by atoms with Crippen LogP contribution in [0.15, 0.2) is 42.9 Å². The predicted octanol–water partition coefficient (Wildman–Crippen LogP) is 3.02. The minimum absolute atomic E-state index is 0.141. The Kier molecular flexibility index (Phi) is 4.52. The molecule has 1 aliphatic heterocycles. The Morgan fingerprint density at radius 2 is 2.00 bits per heavy atom. The molecule has 2 aromatic rings. The Hall–Kier alpha value is -1.88. The summed E-state index contributed by atoms with van der Waals surface area (Å²) in [5.74, 6) is 2.22. The minimum Gasteiger partial charge on any atom is -0.472 e. The van der Waals surface area contributed by atoms with Gasteiger partial charge in [0.2, 0.25) is 5.88 Å². The maximum Gasteiger partial charge on any atom is 0.213 e. The monoisotopic (exact) mass is 326 g/mol. The van der Waals surface area contributed by atoms with Crippen LogP contribution in [0, 0.1) is 11.8 Å². The average molecular weight is 326 g/mol. The summed E-state index contributed by atoms with van der Waals surface area (Å²) in [6, 6.07) is 8.15. The van der Waals surface area contributed by atoms with Gasteiger partial charge in [-0.05, 0) is 49.8 Å². The maximum absolute atomic E-state index is 6.30. The predicted molar refractivity (Wildman–Crippen MR) is 92.9 cm³/mol. The Bertz CT molecular complexity index is 630. The van der Waals surface area contributed by atoms with Crippen molar-refractivity contribution in [3.05, 3.63) is 42.9 Å². The number of pyridine rings is 1. The Morgan fingerprint density at radius 1 is 1.12 bits per heavy atom. The SMILES string of the molecule is CCCN1C[C@H]2C[C@H](Oc3ccccn3)[C@@H](n3cccn3)C[C@H]2C1. The van der Waals surface area contributed by atoms with Crippen LogP contribution in [0.3, 0.4) is 0 Å². The maximum atomic E-state index is 6.30. The van der Waals surface area contributed by atoms with E-state index in [4.69, 9.17) is 4.74 Å². The van der Waals surface area contributed by atoms with Crippen molar-refractivity contribution in [1.29, 1.82) is 0 Å². The normalized spacial score (nSPS) is 30.2. The molecule has 0 radical (unpaired) electrons. The lowest BCUT2D eigenvalue weighted by atomic mass is 9.77. The lowest BCUT2D eigenvalue weighted by molar-refractivity contribution is 0.0459. The molecule has 1 saturated carbocycles. The second-order valence-electron chi connectivity index (χ2n) is 7.13. The summed E-state index contributed by atoms with van der Waals surface area (Å²) in [6.07, 6.45) is 9.33. The average Bonchev–Trinajstić information content (AvgIpc) is 3.24. The molecule has 0 spiro atoms. The van der Waals surface area contributed by atoms with Crippen LogP contribution in [-0.4, -0.2) is 45.4 Å². The van der Waals surface area contributed by atoms with E-state index < -0.39 is 0 Å². The van der Waals surface area contributed by atoms with E-state index in [0.717, 1.165) is 30.6 Å². The largest absolute Gasteiger partial charge is 0.472 e. The number of rotatable bonds is 5. The van der Waals surface area contributed by atoms with Crippen molar-refractivity contribution in [3.63, 3.8) is 0 Å². The zero-order chi connectivity index (χ0) is 16.4. The van der Waals surface area contributed by atoms with Crippen molar-refractivity contribution >= 4 is 0 Å². The molecule has 2 aliphatic rings. The van der Waals surface area contributed by atoms with Crippen LogP contribution in [0.1, 0.15) is 32.2 Å². The van der Waals surface area contributed by atoms with Crippen LogP contribution < -0.4 is 4.74 Å². The third-order valence-electron chi connectivity index (χ3n) is 5.47. The highest BCUT2D eigenvalue weighted by Crippen LogP contribution is 2.42. The number of aromatic nitrogens is 3. The molecule has 3 heterocycles. The highest BCUT2D eigenvalue weighted by molar-refractivity contribution is 5.11. The number of fused-ring (bicyclic) bond motifs is 1. The van der Waals surface area contributed by atoms with Crippen molar-refractivity contribution < 1.29 is 4.74 Å². The topological polar surface area (TPSA) is 43.2 Å². The molecular weight excluding hydrogens is 300 g/mol. The highest BCUT2D eigenvalue weighted by Gasteiger charge is 2.44. The van der Waals surface area contributed by atoms with E-state index in [2.05, 4.69) is 32.8 Å². The Balaban J connectivity index is 1.53. The van der Waals surface area contributed by atoms with Gasteiger partial charge >= 0.3 is 0 Å². The van der Waals surface area contributed by atoms with Gasteiger partial charge in [-0.1, -0.05) is 13.0 Å². The molecule has 2 aromatic heterocycles. The first-order chi connectivity index (χ1) is 11.8. The van der Waals surface area contributed by atoms with Gasteiger partial charge in [0, 0.05) is 37.7 Å².